The first kappa shape index (κ1) is 36.9. The average Bonchev–Trinajstić information content (AvgIpc) is 4.03. The molecule has 0 bridgehead atoms. The van der Waals surface area contributed by atoms with Crippen LogP contribution in [-0.4, -0.2) is 26.9 Å². The molecule has 0 unspecified atom stereocenters. The van der Waals surface area contributed by atoms with Crippen molar-refractivity contribution in [3.05, 3.63) is 177 Å². The number of carbonyl (C=O) groups excluding carboxylic acids is 2. The smallest absolute Gasteiger partial charge is 0.355 e. The molecule has 3 N–H and O–H groups in total. The third-order valence-electron chi connectivity index (χ3n) is 13.3. The normalized spacial score (nSPS) is 12.1. The standard InChI is InChI=1S/C54H45N3O4/c1-5-36-29(3)51(53(58)60-27-31-13-9-7-10-14-31)56-40(36)25-42-47-38-23-21-34-19-17-33-18-20-35-22-24-39(50-46(35)44(33)45(34)49(38)50)48(47)43(55-42)26-41-37(6-2)30(4)52(57-41)54(59)61-28-32-15-11-8-12-16-32/h7-24,55-57H,5-6,25-28H2,1-4H3. The summed E-state index contributed by atoms with van der Waals surface area (Å²) in [5.74, 6) is -0.711. The van der Waals surface area contributed by atoms with E-state index >= 15 is 0 Å². The molecule has 0 radical (unpaired) electrons. The third kappa shape index (κ3) is 5.71. The number of aromatic amines is 3. The molecule has 11 rings (SSSR count). The molecule has 0 aliphatic rings. The van der Waals surface area contributed by atoms with E-state index in [9.17, 15) is 9.59 Å². The highest BCUT2D eigenvalue weighted by molar-refractivity contribution is 6.48. The number of nitrogens with one attached hydrogen (secondary N) is 3. The molecule has 3 aromatic heterocycles. The average molecular weight is 800 g/mol. The van der Waals surface area contributed by atoms with Crippen LogP contribution in [0.1, 0.15) is 91.0 Å². The zero-order valence-electron chi connectivity index (χ0n) is 34.8. The zero-order chi connectivity index (χ0) is 41.5. The summed E-state index contributed by atoms with van der Waals surface area (Å²) in [6.07, 6.45) is 2.65. The molecule has 0 saturated carbocycles. The maximum atomic E-state index is 13.7. The van der Waals surface area contributed by atoms with Crippen LogP contribution in [0.2, 0.25) is 0 Å². The first-order valence-corrected chi connectivity index (χ1v) is 21.4. The summed E-state index contributed by atoms with van der Waals surface area (Å²) in [6.45, 7) is 8.74. The van der Waals surface area contributed by atoms with Gasteiger partial charge in [-0.3, -0.25) is 0 Å². The Hall–Kier alpha value is -7.12. The van der Waals surface area contributed by atoms with Gasteiger partial charge in [-0.2, -0.15) is 0 Å². The monoisotopic (exact) mass is 799 g/mol. The molecule has 3 heterocycles. The van der Waals surface area contributed by atoms with Gasteiger partial charge in [-0.15, -0.1) is 0 Å². The molecule has 300 valence electrons. The second-order valence-corrected chi connectivity index (χ2v) is 16.6. The number of carbonyl (C=O) groups is 2. The van der Waals surface area contributed by atoms with Crippen molar-refractivity contribution in [2.75, 3.05) is 0 Å². The van der Waals surface area contributed by atoms with Crippen molar-refractivity contribution in [2.45, 2.75) is 66.6 Å². The van der Waals surface area contributed by atoms with Gasteiger partial charge in [-0.1, -0.05) is 123 Å². The van der Waals surface area contributed by atoms with E-state index in [-0.39, 0.29) is 25.2 Å². The van der Waals surface area contributed by atoms with E-state index in [0.717, 1.165) is 69.0 Å². The van der Waals surface area contributed by atoms with Gasteiger partial charge in [-0.05, 0) is 114 Å². The van der Waals surface area contributed by atoms with Crippen LogP contribution >= 0.6 is 0 Å². The highest BCUT2D eigenvalue weighted by atomic mass is 16.5. The van der Waals surface area contributed by atoms with Gasteiger partial charge in [0.25, 0.3) is 0 Å². The Labute approximate surface area is 352 Å². The Morgan fingerprint density at radius 2 is 0.820 bits per heavy atom. The number of aromatic nitrogens is 3. The van der Waals surface area contributed by atoms with Crippen molar-refractivity contribution in [3.63, 3.8) is 0 Å². The molecule has 0 spiro atoms. The fourth-order valence-electron chi connectivity index (χ4n) is 10.5. The maximum absolute atomic E-state index is 13.7. The molecule has 0 saturated heterocycles. The highest BCUT2D eigenvalue weighted by Gasteiger charge is 2.28. The maximum Gasteiger partial charge on any atom is 0.355 e. The summed E-state index contributed by atoms with van der Waals surface area (Å²) >= 11 is 0. The molecule has 61 heavy (non-hydrogen) atoms. The van der Waals surface area contributed by atoms with Crippen molar-refractivity contribution in [1.82, 2.24) is 15.0 Å². The molecule has 0 amide bonds. The van der Waals surface area contributed by atoms with Gasteiger partial charge < -0.3 is 24.4 Å². The molecule has 0 aliphatic heterocycles. The second-order valence-electron chi connectivity index (χ2n) is 16.6. The van der Waals surface area contributed by atoms with Crippen molar-refractivity contribution in [1.29, 1.82) is 0 Å². The van der Waals surface area contributed by atoms with E-state index in [1.54, 1.807) is 0 Å². The van der Waals surface area contributed by atoms with E-state index in [0.29, 0.717) is 24.2 Å². The zero-order valence-corrected chi connectivity index (χ0v) is 34.8. The molecule has 0 aliphatic carbocycles. The predicted molar refractivity (Wildman–Crippen MR) is 246 cm³/mol. The molecule has 7 heteroatoms. The Kier molecular flexibility index (Phi) is 8.64. The van der Waals surface area contributed by atoms with E-state index in [4.69, 9.17) is 9.47 Å². The number of benzene rings is 7. The van der Waals surface area contributed by atoms with Crippen molar-refractivity contribution < 1.29 is 19.1 Å². The van der Waals surface area contributed by atoms with Crippen LogP contribution in [0.5, 0.6) is 0 Å². The Balaban J connectivity index is 1.08. The summed E-state index contributed by atoms with van der Waals surface area (Å²) in [7, 11) is 0. The van der Waals surface area contributed by atoms with Crippen molar-refractivity contribution in [3.8, 4) is 0 Å². The second kappa shape index (κ2) is 14.3. The van der Waals surface area contributed by atoms with Gasteiger partial charge in [0.1, 0.15) is 24.6 Å². The van der Waals surface area contributed by atoms with Gasteiger partial charge in [0.15, 0.2) is 0 Å². The number of ether oxygens (including phenoxy) is 2. The van der Waals surface area contributed by atoms with Gasteiger partial charge in [0.05, 0.1) is 0 Å². The molecule has 11 aromatic rings. The minimum Gasteiger partial charge on any atom is -0.456 e. The quantitative estimate of drug-likeness (QED) is 0.0846. The Morgan fingerprint density at radius 3 is 1.21 bits per heavy atom. The molecule has 7 nitrogen and oxygen atoms in total. The van der Waals surface area contributed by atoms with E-state index < -0.39 is 0 Å². The SMILES string of the molecule is CCc1c(Cc2[nH]c(Cc3[nH]c(C(=O)OCc4ccccc4)c(C)c3CC)c3c4ccc5ccc6ccc7ccc(c23)c2c7c6c5c42)[nH]c(C(=O)OCc2ccccc2)c1C. The molecule has 0 atom stereocenters. The Morgan fingerprint density at radius 1 is 0.443 bits per heavy atom. The minimum atomic E-state index is -0.355. The third-order valence-corrected chi connectivity index (χ3v) is 13.3. The highest BCUT2D eigenvalue weighted by Crippen LogP contribution is 2.52. The Bertz CT molecular complexity index is 3220. The van der Waals surface area contributed by atoms with Crippen LogP contribution in [0.15, 0.2) is 109 Å². The summed E-state index contributed by atoms with van der Waals surface area (Å²) < 4.78 is 11.7. The lowest BCUT2D eigenvalue weighted by atomic mass is 9.91. The summed E-state index contributed by atoms with van der Waals surface area (Å²) in [5, 5.41) is 15.2. The van der Waals surface area contributed by atoms with Gasteiger partial charge in [-0.25, -0.2) is 9.59 Å². The molecule has 8 aromatic carbocycles. The lowest BCUT2D eigenvalue weighted by molar-refractivity contribution is 0.0457. The van der Waals surface area contributed by atoms with Crippen LogP contribution in [0, 0.1) is 13.8 Å². The van der Waals surface area contributed by atoms with E-state index in [1.165, 1.54) is 64.6 Å². The van der Waals surface area contributed by atoms with Crippen LogP contribution in [0.4, 0.5) is 0 Å². The van der Waals surface area contributed by atoms with E-state index in [2.05, 4.69) is 77.3 Å². The largest absolute Gasteiger partial charge is 0.456 e. The lowest BCUT2D eigenvalue weighted by Crippen LogP contribution is -2.07. The number of fused-ring (bicyclic) bond motifs is 3. The topological polar surface area (TPSA) is 100.0 Å². The summed E-state index contributed by atoms with van der Waals surface area (Å²) in [6, 6.07) is 37.7. The van der Waals surface area contributed by atoms with E-state index in [1.807, 2.05) is 74.5 Å². The van der Waals surface area contributed by atoms with Crippen LogP contribution in [-0.2, 0) is 48.4 Å². The van der Waals surface area contributed by atoms with Crippen LogP contribution < -0.4 is 0 Å². The lowest BCUT2D eigenvalue weighted by Gasteiger charge is -2.11. The number of hydrogen-bond acceptors (Lipinski definition) is 4. The number of hydrogen-bond donors (Lipinski definition) is 3. The fraction of sp³-hybridized carbons (Fsp3) is 0.185. The summed E-state index contributed by atoms with van der Waals surface area (Å²) in [5.41, 5.74) is 11.1. The number of H-pyrrole nitrogens is 3. The fourth-order valence-corrected chi connectivity index (χ4v) is 10.5. The van der Waals surface area contributed by atoms with Gasteiger partial charge >= 0.3 is 11.9 Å². The molecular weight excluding hydrogens is 755 g/mol. The van der Waals surface area contributed by atoms with Gasteiger partial charge in [0.2, 0.25) is 0 Å². The molecular formula is C54H45N3O4. The first-order valence-electron chi connectivity index (χ1n) is 21.4. The van der Waals surface area contributed by atoms with Crippen LogP contribution in [0.25, 0.3) is 64.6 Å². The number of rotatable bonds is 12. The van der Waals surface area contributed by atoms with Crippen LogP contribution in [0.3, 0.4) is 0 Å². The van der Waals surface area contributed by atoms with Gasteiger partial charge in [0, 0.05) is 46.4 Å². The summed E-state index contributed by atoms with van der Waals surface area (Å²) in [4.78, 5) is 38.4. The van der Waals surface area contributed by atoms with Crippen molar-refractivity contribution in [2.24, 2.45) is 0 Å². The predicted octanol–water partition coefficient (Wildman–Crippen LogP) is 12.5. The molecule has 0 fully saturated rings. The minimum absolute atomic E-state index is 0.208. The first-order chi connectivity index (χ1) is 29.8. The van der Waals surface area contributed by atoms with Crippen molar-refractivity contribution >= 4 is 76.6 Å². The number of esters is 2.